The molecule has 0 rings (SSSR count). The van der Waals surface area contributed by atoms with Gasteiger partial charge in [0.2, 0.25) is 0 Å². The average Bonchev–Trinajstić information content (AvgIpc) is 2.10. The number of ether oxygens (including phenoxy) is 1. The lowest BCUT2D eigenvalue weighted by Gasteiger charge is -2.22. The third kappa shape index (κ3) is 8.01. The minimum atomic E-state index is -0.732. The van der Waals surface area contributed by atoms with Crippen molar-refractivity contribution >= 4 is 5.97 Å². The first kappa shape index (κ1) is 13.4. The van der Waals surface area contributed by atoms with E-state index in [1.807, 2.05) is 13.8 Å². The third-order valence-corrected chi connectivity index (χ3v) is 2.20. The van der Waals surface area contributed by atoms with Crippen LogP contribution in [0.25, 0.3) is 0 Å². The largest absolute Gasteiger partial charge is 0.481 e. The molecular weight excluding hydrogens is 182 g/mol. The maximum absolute atomic E-state index is 10.2. The van der Waals surface area contributed by atoms with Gasteiger partial charge in [-0.3, -0.25) is 4.79 Å². The maximum atomic E-state index is 10.2. The van der Waals surface area contributed by atoms with Gasteiger partial charge in [0.05, 0.1) is 5.60 Å². The Bertz CT molecular complexity index is 169. The van der Waals surface area contributed by atoms with Crippen LogP contribution in [0.4, 0.5) is 0 Å². The van der Waals surface area contributed by atoms with Crippen molar-refractivity contribution in [3.05, 3.63) is 0 Å². The molecular formula is C10H21NO3. The van der Waals surface area contributed by atoms with Crippen molar-refractivity contribution in [3.63, 3.8) is 0 Å². The zero-order valence-electron chi connectivity index (χ0n) is 9.30. The molecule has 0 aromatic rings. The van der Waals surface area contributed by atoms with Crippen molar-refractivity contribution in [2.75, 3.05) is 20.2 Å². The summed E-state index contributed by atoms with van der Waals surface area (Å²) in [6.45, 7) is 5.68. The Kier molecular flexibility index (Phi) is 6.49. The van der Waals surface area contributed by atoms with Crippen LogP contribution < -0.4 is 5.32 Å². The number of hydrogen-bond acceptors (Lipinski definition) is 3. The van der Waals surface area contributed by atoms with Crippen molar-refractivity contribution < 1.29 is 14.6 Å². The summed E-state index contributed by atoms with van der Waals surface area (Å²) >= 11 is 0. The molecule has 0 bridgehead atoms. The summed E-state index contributed by atoms with van der Waals surface area (Å²) in [4.78, 5) is 10.2. The van der Waals surface area contributed by atoms with Crippen molar-refractivity contribution in [1.82, 2.24) is 5.32 Å². The van der Waals surface area contributed by atoms with Gasteiger partial charge in [-0.15, -0.1) is 0 Å². The zero-order chi connectivity index (χ0) is 11.0. The SMILES string of the molecule is COC(C)(C)CCNCCCC(=O)O. The van der Waals surface area contributed by atoms with Crippen LogP contribution >= 0.6 is 0 Å². The number of carboxylic acids is 1. The molecule has 0 aliphatic heterocycles. The predicted molar refractivity (Wildman–Crippen MR) is 55.4 cm³/mol. The number of carboxylic acid groups (broad SMARTS) is 1. The molecule has 0 saturated carbocycles. The molecule has 0 aliphatic carbocycles. The van der Waals surface area contributed by atoms with Crippen LogP contribution in [-0.4, -0.2) is 36.9 Å². The smallest absolute Gasteiger partial charge is 0.303 e. The Hall–Kier alpha value is -0.610. The quantitative estimate of drug-likeness (QED) is 0.583. The van der Waals surface area contributed by atoms with Crippen LogP contribution in [0.5, 0.6) is 0 Å². The highest BCUT2D eigenvalue weighted by atomic mass is 16.5. The summed E-state index contributed by atoms with van der Waals surface area (Å²) in [6.07, 6.45) is 1.85. The topological polar surface area (TPSA) is 58.6 Å². The Morgan fingerprint density at radius 3 is 2.57 bits per heavy atom. The summed E-state index contributed by atoms with van der Waals surface area (Å²) in [5, 5.41) is 11.6. The van der Waals surface area contributed by atoms with Gasteiger partial charge < -0.3 is 15.2 Å². The molecule has 4 heteroatoms. The van der Waals surface area contributed by atoms with Crippen LogP contribution in [0.2, 0.25) is 0 Å². The Morgan fingerprint density at radius 1 is 1.43 bits per heavy atom. The van der Waals surface area contributed by atoms with Crippen molar-refractivity contribution in [2.24, 2.45) is 0 Å². The summed E-state index contributed by atoms with van der Waals surface area (Å²) in [7, 11) is 1.70. The summed E-state index contributed by atoms with van der Waals surface area (Å²) in [5.41, 5.74) is -0.0974. The van der Waals surface area contributed by atoms with Crippen molar-refractivity contribution in [2.45, 2.75) is 38.7 Å². The van der Waals surface area contributed by atoms with Gasteiger partial charge in [0, 0.05) is 13.5 Å². The molecule has 0 radical (unpaired) electrons. The lowest BCUT2D eigenvalue weighted by Crippen LogP contribution is -2.29. The van der Waals surface area contributed by atoms with E-state index in [-0.39, 0.29) is 12.0 Å². The van der Waals surface area contributed by atoms with Gasteiger partial charge in [-0.2, -0.15) is 0 Å². The van der Waals surface area contributed by atoms with Crippen LogP contribution in [0.15, 0.2) is 0 Å². The summed E-state index contributed by atoms with van der Waals surface area (Å²) in [5.74, 6) is -0.732. The molecule has 0 amide bonds. The lowest BCUT2D eigenvalue weighted by atomic mass is 10.1. The molecule has 4 nitrogen and oxygen atoms in total. The summed E-state index contributed by atoms with van der Waals surface area (Å²) < 4.78 is 5.25. The lowest BCUT2D eigenvalue weighted by molar-refractivity contribution is -0.137. The highest BCUT2D eigenvalue weighted by molar-refractivity contribution is 5.66. The fraction of sp³-hybridized carbons (Fsp3) is 0.900. The van der Waals surface area contributed by atoms with Gasteiger partial charge >= 0.3 is 5.97 Å². The second-order valence-corrected chi connectivity index (χ2v) is 3.96. The minimum Gasteiger partial charge on any atom is -0.481 e. The number of rotatable bonds is 8. The van der Waals surface area contributed by atoms with E-state index < -0.39 is 5.97 Å². The van der Waals surface area contributed by atoms with Crippen LogP contribution in [-0.2, 0) is 9.53 Å². The highest BCUT2D eigenvalue weighted by Gasteiger charge is 2.14. The molecule has 0 saturated heterocycles. The number of hydrogen-bond donors (Lipinski definition) is 2. The standard InChI is InChI=1S/C10H21NO3/c1-10(2,14-3)6-8-11-7-4-5-9(12)13/h11H,4-8H2,1-3H3,(H,12,13). The van der Waals surface area contributed by atoms with E-state index in [1.165, 1.54) is 0 Å². The Balaban J connectivity index is 3.25. The predicted octanol–water partition coefficient (Wildman–Crippen LogP) is 1.26. The first-order valence-corrected chi connectivity index (χ1v) is 4.95. The minimum absolute atomic E-state index is 0.0974. The number of carbonyl (C=O) groups is 1. The van der Waals surface area contributed by atoms with Gasteiger partial charge in [0.15, 0.2) is 0 Å². The number of aliphatic carboxylic acids is 1. The monoisotopic (exact) mass is 203 g/mol. The van der Waals surface area contributed by atoms with Gasteiger partial charge in [-0.25, -0.2) is 0 Å². The van der Waals surface area contributed by atoms with Gasteiger partial charge in [-0.05, 0) is 39.8 Å². The number of methoxy groups -OCH3 is 1. The van der Waals surface area contributed by atoms with E-state index in [1.54, 1.807) is 7.11 Å². The molecule has 0 atom stereocenters. The molecule has 0 aliphatic rings. The molecule has 0 aromatic heterocycles. The number of nitrogens with one attached hydrogen (secondary N) is 1. The zero-order valence-corrected chi connectivity index (χ0v) is 9.30. The molecule has 0 heterocycles. The second kappa shape index (κ2) is 6.79. The molecule has 2 N–H and O–H groups in total. The molecule has 0 spiro atoms. The highest BCUT2D eigenvalue weighted by Crippen LogP contribution is 2.11. The van der Waals surface area contributed by atoms with E-state index in [4.69, 9.17) is 9.84 Å². The first-order valence-electron chi connectivity index (χ1n) is 4.95. The Morgan fingerprint density at radius 2 is 2.07 bits per heavy atom. The average molecular weight is 203 g/mol. The van der Waals surface area contributed by atoms with E-state index in [0.29, 0.717) is 6.42 Å². The first-order chi connectivity index (χ1) is 6.48. The second-order valence-electron chi connectivity index (χ2n) is 3.96. The van der Waals surface area contributed by atoms with Crippen LogP contribution in [0.1, 0.15) is 33.1 Å². The van der Waals surface area contributed by atoms with Gasteiger partial charge in [-0.1, -0.05) is 0 Å². The molecule has 0 aromatic carbocycles. The van der Waals surface area contributed by atoms with Crippen LogP contribution in [0.3, 0.4) is 0 Å². The van der Waals surface area contributed by atoms with E-state index in [0.717, 1.165) is 19.5 Å². The maximum Gasteiger partial charge on any atom is 0.303 e. The Labute approximate surface area is 85.6 Å². The normalized spacial score (nSPS) is 11.6. The fourth-order valence-corrected chi connectivity index (χ4v) is 0.981. The third-order valence-electron chi connectivity index (χ3n) is 2.20. The molecule has 0 fully saturated rings. The van der Waals surface area contributed by atoms with Crippen molar-refractivity contribution in [1.29, 1.82) is 0 Å². The molecule has 84 valence electrons. The fourth-order valence-electron chi connectivity index (χ4n) is 0.981. The molecule has 0 unspecified atom stereocenters. The van der Waals surface area contributed by atoms with E-state index in [9.17, 15) is 4.79 Å². The van der Waals surface area contributed by atoms with E-state index >= 15 is 0 Å². The van der Waals surface area contributed by atoms with Crippen LogP contribution in [0, 0.1) is 0 Å². The molecule has 14 heavy (non-hydrogen) atoms. The van der Waals surface area contributed by atoms with Gasteiger partial charge in [0.25, 0.3) is 0 Å². The van der Waals surface area contributed by atoms with Gasteiger partial charge in [0.1, 0.15) is 0 Å². The van der Waals surface area contributed by atoms with Crippen molar-refractivity contribution in [3.8, 4) is 0 Å². The summed E-state index contributed by atoms with van der Waals surface area (Å²) in [6, 6.07) is 0. The van der Waals surface area contributed by atoms with E-state index in [2.05, 4.69) is 5.32 Å².